The molecule has 1 aromatic carbocycles. The fourth-order valence-electron chi connectivity index (χ4n) is 4.85. The molecule has 9 heteroatoms. The van der Waals surface area contributed by atoms with Crippen molar-refractivity contribution in [3.05, 3.63) is 63.9 Å². The molecule has 1 saturated heterocycles. The fourth-order valence-corrected chi connectivity index (χ4v) is 5.56. The number of para-hydroxylation sites is 1. The molecule has 0 aliphatic carbocycles. The SMILES string of the molecule is CCn1c(N2CCCC(N)C2)nc2ccn(CC3=Nc4sccc4Oc4ccccc43)c(=O)c21. The van der Waals surface area contributed by atoms with Gasteiger partial charge in [0.1, 0.15) is 11.3 Å². The van der Waals surface area contributed by atoms with Gasteiger partial charge < -0.3 is 24.5 Å². The third-order valence-electron chi connectivity index (χ3n) is 6.49. The fraction of sp³-hybridized carbons (Fsp3) is 0.320. The molecule has 4 aromatic rings. The molecule has 0 amide bonds. The number of nitrogens with two attached hydrogens (primary N) is 1. The molecule has 2 aliphatic rings. The van der Waals surface area contributed by atoms with Gasteiger partial charge in [-0.25, -0.2) is 9.98 Å². The summed E-state index contributed by atoms with van der Waals surface area (Å²) >= 11 is 1.53. The summed E-state index contributed by atoms with van der Waals surface area (Å²) in [6, 6.07) is 11.8. The Morgan fingerprint density at radius 3 is 2.94 bits per heavy atom. The standard InChI is InChI=1S/C25H26N6O2S/c1-2-31-22-18(28-25(31)30-11-5-6-16(26)14-30)9-12-29(24(22)32)15-19-17-7-3-4-8-20(17)33-21-10-13-34-23(21)27-19/h3-4,7-10,12-13,16H,2,5-6,11,14-15,26H2,1H3. The van der Waals surface area contributed by atoms with E-state index < -0.39 is 0 Å². The first-order valence-electron chi connectivity index (χ1n) is 11.6. The molecule has 174 valence electrons. The van der Waals surface area contributed by atoms with Crippen LogP contribution in [0, 0.1) is 0 Å². The molecular formula is C25H26N6O2S. The number of benzene rings is 1. The van der Waals surface area contributed by atoms with E-state index in [2.05, 4.69) is 4.90 Å². The van der Waals surface area contributed by atoms with Crippen molar-refractivity contribution in [3.8, 4) is 11.5 Å². The first-order chi connectivity index (χ1) is 16.6. The average molecular weight is 475 g/mol. The number of fused-ring (bicyclic) bond motifs is 3. The summed E-state index contributed by atoms with van der Waals surface area (Å²) in [6.45, 7) is 4.71. The largest absolute Gasteiger partial charge is 0.453 e. The van der Waals surface area contributed by atoms with E-state index in [-0.39, 0.29) is 11.6 Å². The van der Waals surface area contributed by atoms with Gasteiger partial charge in [-0.2, -0.15) is 0 Å². The van der Waals surface area contributed by atoms with Gasteiger partial charge >= 0.3 is 0 Å². The lowest BCUT2D eigenvalue weighted by atomic mass is 10.1. The van der Waals surface area contributed by atoms with E-state index in [4.69, 9.17) is 20.4 Å². The van der Waals surface area contributed by atoms with E-state index in [1.165, 1.54) is 11.3 Å². The maximum Gasteiger partial charge on any atom is 0.277 e. The van der Waals surface area contributed by atoms with Crippen LogP contribution in [0.2, 0.25) is 0 Å². The molecule has 1 atom stereocenters. The van der Waals surface area contributed by atoms with Crippen molar-refractivity contribution in [3.63, 3.8) is 0 Å². The summed E-state index contributed by atoms with van der Waals surface area (Å²) in [6.07, 6.45) is 3.87. The molecule has 0 spiro atoms. The number of hydrogen-bond acceptors (Lipinski definition) is 7. The van der Waals surface area contributed by atoms with E-state index in [1.54, 1.807) is 4.57 Å². The smallest absolute Gasteiger partial charge is 0.277 e. The first kappa shape index (κ1) is 21.1. The molecule has 8 nitrogen and oxygen atoms in total. The van der Waals surface area contributed by atoms with Gasteiger partial charge in [-0.15, -0.1) is 11.3 Å². The Kier molecular flexibility index (Phi) is 5.23. The highest BCUT2D eigenvalue weighted by atomic mass is 32.1. The molecule has 0 saturated carbocycles. The van der Waals surface area contributed by atoms with Gasteiger partial charge in [0.05, 0.1) is 17.8 Å². The Morgan fingerprint density at radius 2 is 2.09 bits per heavy atom. The zero-order valence-electron chi connectivity index (χ0n) is 19.0. The summed E-state index contributed by atoms with van der Waals surface area (Å²) in [5.74, 6) is 2.31. The number of aromatic nitrogens is 3. The van der Waals surface area contributed by atoms with Crippen LogP contribution in [0.1, 0.15) is 25.3 Å². The molecule has 0 bridgehead atoms. The van der Waals surface area contributed by atoms with Gasteiger partial charge in [0.25, 0.3) is 5.56 Å². The van der Waals surface area contributed by atoms with Gasteiger partial charge in [0.15, 0.2) is 10.8 Å². The van der Waals surface area contributed by atoms with E-state index in [0.717, 1.165) is 59.7 Å². The summed E-state index contributed by atoms with van der Waals surface area (Å²) in [4.78, 5) is 25.7. The number of ether oxygens (including phenoxy) is 1. The predicted molar refractivity (Wildman–Crippen MR) is 136 cm³/mol. The summed E-state index contributed by atoms with van der Waals surface area (Å²) in [5.41, 5.74) is 9.16. The second-order valence-electron chi connectivity index (χ2n) is 8.73. The number of aliphatic imine (C=N–C) groups is 1. The maximum atomic E-state index is 13.7. The Hall–Kier alpha value is -3.43. The molecule has 34 heavy (non-hydrogen) atoms. The zero-order valence-corrected chi connectivity index (χ0v) is 19.8. The van der Waals surface area contributed by atoms with E-state index in [0.29, 0.717) is 24.1 Å². The number of rotatable bonds is 4. The second kappa shape index (κ2) is 8.41. The molecule has 3 aromatic heterocycles. The van der Waals surface area contributed by atoms with Crippen molar-refractivity contribution in [2.75, 3.05) is 18.0 Å². The quantitative estimate of drug-likeness (QED) is 0.480. The van der Waals surface area contributed by atoms with Gasteiger partial charge in [0, 0.05) is 37.4 Å². The van der Waals surface area contributed by atoms with Gasteiger partial charge in [0.2, 0.25) is 5.95 Å². The number of pyridine rings is 1. The number of piperidine rings is 1. The molecule has 6 rings (SSSR count). The van der Waals surface area contributed by atoms with Crippen LogP contribution < -0.4 is 20.9 Å². The summed E-state index contributed by atoms with van der Waals surface area (Å²) in [5, 5.41) is 2.77. The molecule has 1 fully saturated rings. The van der Waals surface area contributed by atoms with E-state index in [9.17, 15) is 4.79 Å². The van der Waals surface area contributed by atoms with Crippen LogP contribution >= 0.6 is 11.3 Å². The predicted octanol–water partition coefficient (Wildman–Crippen LogP) is 4.13. The van der Waals surface area contributed by atoms with Crippen LogP contribution in [-0.4, -0.2) is 39.0 Å². The van der Waals surface area contributed by atoms with Gasteiger partial charge in [-0.1, -0.05) is 12.1 Å². The molecule has 2 N–H and O–H groups in total. The Balaban J connectivity index is 1.44. The summed E-state index contributed by atoms with van der Waals surface area (Å²) < 4.78 is 9.85. The maximum absolute atomic E-state index is 13.7. The third kappa shape index (κ3) is 3.52. The molecular weight excluding hydrogens is 448 g/mol. The van der Waals surface area contributed by atoms with Crippen LogP contribution in [0.3, 0.4) is 0 Å². The number of imidazole rings is 1. The van der Waals surface area contributed by atoms with Crippen molar-refractivity contribution in [2.45, 2.75) is 38.9 Å². The number of thiophene rings is 1. The highest BCUT2D eigenvalue weighted by Gasteiger charge is 2.24. The number of hydrogen-bond donors (Lipinski definition) is 1. The highest BCUT2D eigenvalue weighted by Crippen LogP contribution is 2.41. The van der Waals surface area contributed by atoms with Crippen molar-refractivity contribution in [2.24, 2.45) is 10.7 Å². The second-order valence-corrected chi connectivity index (χ2v) is 9.63. The minimum atomic E-state index is -0.0730. The van der Waals surface area contributed by atoms with E-state index >= 15 is 0 Å². The number of anilines is 1. The van der Waals surface area contributed by atoms with Crippen LogP contribution in [0.4, 0.5) is 10.9 Å². The molecule has 0 radical (unpaired) electrons. The number of nitrogens with zero attached hydrogens (tertiary/aromatic N) is 5. The van der Waals surface area contributed by atoms with Crippen LogP contribution in [0.15, 0.2) is 57.8 Å². The molecule has 1 unspecified atom stereocenters. The Labute approximate surface area is 200 Å². The lowest BCUT2D eigenvalue weighted by molar-refractivity contribution is 0.486. The van der Waals surface area contributed by atoms with Crippen molar-refractivity contribution in [1.82, 2.24) is 14.1 Å². The lowest BCUT2D eigenvalue weighted by Crippen LogP contribution is -2.44. The number of aryl methyl sites for hydroxylation is 1. The Morgan fingerprint density at radius 1 is 1.21 bits per heavy atom. The van der Waals surface area contributed by atoms with Crippen LogP contribution in [-0.2, 0) is 13.1 Å². The lowest BCUT2D eigenvalue weighted by Gasteiger charge is -2.31. The van der Waals surface area contributed by atoms with Crippen molar-refractivity contribution >= 4 is 39.0 Å². The zero-order chi connectivity index (χ0) is 23.2. The third-order valence-corrected chi connectivity index (χ3v) is 7.28. The molecule has 5 heterocycles. The highest BCUT2D eigenvalue weighted by molar-refractivity contribution is 7.14. The van der Waals surface area contributed by atoms with Gasteiger partial charge in [-0.05, 0) is 49.4 Å². The minimum absolute atomic E-state index is 0.0730. The normalized spacial score (nSPS) is 17.6. The van der Waals surface area contributed by atoms with Gasteiger partial charge in [-0.3, -0.25) is 4.79 Å². The van der Waals surface area contributed by atoms with Crippen molar-refractivity contribution < 1.29 is 4.74 Å². The topological polar surface area (TPSA) is 90.7 Å². The average Bonchev–Trinajstić information content (AvgIpc) is 3.41. The van der Waals surface area contributed by atoms with E-state index in [1.807, 2.05) is 59.5 Å². The monoisotopic (exact) mass is 474 g/mol. The summed E-state index contributed by atoms with van der Waals surface area (Å²) in [7, 11) is 0. The molecule has 2 aliphatic heterocycles. The first-order valence-corrected chi connectivity index (χ1v) is 12.5. The minimum Gasteiger partial charge on any atom is -0.453 e. The van der Waals surface area contributed by atoms with Crippen molar-refractivity contribution in [1.29, 1.82) is 0 Å². The van der Waals surface area contributed by atoms with Crippen LogP contribution in [0.5, 0.6) is 11.5 Å². The van der Waals surface area contributed by atoms with Crippen LogP contribution in [0.25, 0.3) is 11.0 Å². The Bertz CT molecular complexity index is 1470.